The molecule has 0 bridgehead atoms. The van der Waals surface area contributed by atoms with Crippen molar-refractivity contribution in [3.8, 4) is 0 Å². The number of hydrogen-bond acceptors (Lipinski definition) is 3. The Morgan fingerprint density at radius 1 is 0.960 bits per heavy atom. The van der Waals surface area contributed by atoms with Crippen LogP contribution >= 0.6 is 0 Å². The van der Waals surface area contributed by atoms with Gasteiger partial charge in [0, 0.05) is 11.1 Å². The van der Waals surface area contributed by atoms with Crippen LogP contribution in [0.25, 0.3) is 0 Å². The van der Waals surface area contributed by atoms with Gasteiger partial charge in [0.15, 0.2) is 0 Å². The molecule has 132 valence electrons. The first-order chi connectivity index (χ1) is 11.8. The summed E-state index contributed by atoms with van der Waals surface area (Å²) >= 11 is 0. The third-order valence-corrected chi connectivity index (χ3v) is 7.80. The lowest BCUT2D eigenvalue weighted by Gasteiger charge is -2.35. The highest BCUT2D eigenvalue weighted by Crippen LogP contribution is 2.29. The molecule has 4 heteroatoms. The van der Waals surface area contributed by atoms with Crippen LogP contribution in [-0.2, 0) is 9.53 Å². The lowest BCUT2D eigenvalue weighted by molar-refractivity contribution is -0.146. The third-order valence-electron chi connectivity index (χ3n) is 4.56. The quantitative estimate of drug-likeness (QED) is 0.428. The van der Waals surface area contributed by atoms with Crippen molar-refractivity contribution in [3.63, 3.8) is 0 Å². The lowest BCUT2D eigenvalue weighted by Crippen LogP contribution is -2.55. The molecule has 2 aromatic carbocycles. The third kappa shape index (κ3) is 4.26. The van der Waals surface area contributed by atoms with Crippen molar-refractivity contribution in [1.82, 2.24) is 0 Å². The van der Waals surface area contributed by atoms with Crippen molar-refractivity contribution in [2.45, 2.75) is 38.7 Å². The average molecular weight is 354 g/mol. The second-order valence-corrected chi connectivity index (χ2v) is 12.7. The molecule has 3 nitrogen and oxygen atoms in total. The number of hydrogen-bond donors (Lipinski definition) is 0. The lowest BCUT2D eigenvalue weighted by atomic mass is 10.0. The standard InChI is InChI=1S/C21H27NO2Si/c1-6-24-20(23)21(2,25(3,4)5)22-19(17-13-9-7-10-14-17)18-15-11-8-12-16-18/h7-16H,6H2,1-5H3/t21-/m1/s1. The molecule has 0 amide bonds. The molecule has 0 aliphatic rings. The Hall–Kier alpha value is -2.20. The fourth-order valence-corrected chi connectivity index (χ4v) is 3.63. The van der Waals surface area contributed by atoms with Crippen LogP contribution in [0.1, 0.15) is 25.0 Å². The van der Waals surface area contributed by atoms with Crippen molar-refractivity contribution in [2.24, 2.45) is 4.99 Å². The molecule has 0 fully saturated rings. The molecule has 0 aliphatic carbocycles. The zero-order valence-corrected chi connectivity index (χ0v) is 16.7. The highest BCUT2D eigenvalue weighted by Gasteiger charge is 2.47. The Balaban J connectivity index is 2.67. The molecule has 0 N–H and O–H groups in total. The second kappa shape index (κ2) is 7.79. The van der Waals surface area contributed by atoms with Crippen molar-refractivity contribution >= 4 is 19.8 Å². The van der Waals surface area contributed by atoms with Crippen molar-refractivity contribution in [3.05, 3.63) is 71.8 Å². The van der Waals surface area contributed by atoms with Gasteiger partial charge in [-0.25, -0.2) is 4.79 Å². The summed E-state index contributed by atoms with van der Waals surface area (Å²) in [4.78, 5) is 17.9. The van der Waals surface area contributed by atoms with E-state index in [1.165, 1.54) is 0 Å². The van der Waals surface area contributed by atoms with Crippen molar-refractivity contribution < 1.29 is 9.53 Å². The molecule has 0 saturated heterocycles. The van der Waals surface area contributed by atoms with Gasteiger partial charge < -0.3 is 4.74 Å². The minimum absolute atomic E-state index is 0.237. The molecular formula is C21H27NO2Si. The van der Waals surface area contributed by atoms with Gasteiger partial charge in [-0.15, -0.1) is 0 Å². The van der Waals surface area contributed by atoms with Crippen molar-refractivity contribution in [2.75, 3.05) is 6.61 Å². The number of carbonyl (C=O) groups is 1. The largest absolute Gasteiger partial charge is 0.464 e. The minimum atomic E-state index is -2.00. The molecule has 2 aromatic rings. The molecule has 0 saturated carbocycles. The van der Waals surface area contributed by atoms with E-state index in [9.17, 15) is 4.79 Å². The van der Waals surface area contributed by atoms with E-state index in [1.54, 1.807) is 0 Å². The summed E-state index contributed by atoms with van der Waals surface area (Å²) in [7, 11) is -2.00. The molecule has 25 heavy (non-hydrogen) atoms. The maximum Gasteiger partial charge on any atom is 0.330 e. The van der Waals surface area contributed by atoms with Gasteiger partial charge in [-0.2, -0.15) is 0 Å². The van der Waals surface area contributed by atoms with E-state index in [0.29, 0.717) is 6.61 Å². The monoisotopic (exact) mass is 353 g/mol. The van der Waals surface area contributed by atoms with E-state index in [4.69, 9.17) is 9.73 Å². The Morgan fingerprint density at radius 3 is 1.76 bits per heavy atom. The number of rotatable bonds is 6. The SMILES string of the molecule is CCOC(=O)[C@](C)(N=C(c1ccccc1)c1ccccc1)[Si](C)(C)C. The molecule has 0 radical (unpaired) electrons. The molecule has 2 rings (SSSR count). The molecule has 0 heterocycles. The molecule has 0 spiro atoms. The van der Waals surface area contributed by atoms with Gasteiger partial charge in [0.05, 0.1) is 20.4 Å². The average Bonchev–Trinajstić information content (AvgIpc) is 2.60. The predicted molar refractivity (Wildman–Crippen MR) is 107 cm³/mol. The van der Waals surface area contributed by atoms with Crippen LogP contribution in [0.15, 0.2) is 65.7 Å². The van der Waals surface area contributed by atoms with Crippen LogP contribution in [0.4, 0.5) is 0 Å². The maximum atomic E-state index is 12.8. The number of esters is 1. The molecule has 0 unspecified atom stereocenters. The van der Waals surface area contributed by atoms with Crippen LogP contribution in [0.3, 0.4) is 0 Å². The first-order valence-electron chi connectivity index (χ1n) is 8.67. The van der Waals surface area contributed by atoms with Crippen LogP contribution in [0, 0.1) is 0 Å². The number of carbonyl (C=O) groups excluding carboxylic acids is 1. The normalized spacial score (nSPS) is 13.6. The van der Waals surface area contributed by atoms with E-state index >= 15 is 0 Å². The Morgan fingerprint density at radius 2 is 1.40 bits per heavy atom. The fourth-order valence-electron chi connectivity index (χ4n) is 2.50. The van der Waals surface area contributed by atoms with E-state index < -0.39 is 13.2 Å². The highest BCUT2D eigenvalue weighted by molar-refractivity contribution is 6.82. The van der Waals surface area contributed by atoms with E-state index in [2.05, 4.69) is 19.6 Å². The Kier molecular flexibility index (Phi) is 5.96. The summed E-state index contributed by atoms with van der Waals surface area (Å²) in [6, 6.07) is 20.0. The van der Waals surface area contributed by atoms with E-state index in [-0.39, 0.29) is 5.97 Å². The maximum absolute atomic E-state index is 12.8. The summed E-state index contributed by atoms with van der Waals surface area (Å²) in [6.07, 6.45) is 0. The predicted octanol–water partition coefficient (Wildman–Crippen LogP) is 4.72. The Labute approximate surface area is 151 Å². The molecular weight excluding hydrogens is 326 g/mol. The first kappa shape index (κ1) is 19.1. The molecule has 1 atom stereocenters. The first-order valence-corrected chi connectivity index (χ1v) is 12.2. The van der Waals surface area contributed by atoms with Crippen LogP contribution in [-0.4, -0.2) is 31.5 Å². The smallest absolute Gasteiger partial charge is 0.330 e. The number of nitrogens with zero attached hydrogens (tertiary/aromatic N) is 1. The topological polar surface area (TPSA) is 38.7 Å². The second-order valence-electron chi connectivity index (χ2n) is 7.24. The van der Waals surface area contributed by atoms with Crippen LogP contribution in [0.5, 0.6) is 0 Å². The number of ether oxygens (including phenoxy) is 1. The summed E-state index contributed by atoms with van der Waals surface area (Å²) < 4.78 is 5.39. The fraction of sp³-hybridized carbons (Fsp3) is 0.333. The van der Waals surface area contributed by atoms with Gasteiger partial charge >= 0.3 is 5.97 Å². The Bertz CT molecular complexity index is 694. The van der Waals surface area contributed by atoms with Gasteiger partial charge in [0.1, 0.15) is 5.16 Å². The van der Waals surface area contributed by atoms with Gasteiger partial charge in [-0.3, -0.25) is 4.99 Å². The summed E-state index contributed by atoms with van der Waals surface area (Å²) in [5.74, 6) is -0.237. The van der Waals surface area contributed by atoms with E-state index in [1.807, 2.05) is 74.5 Å². The minimum Gasteiger partial charge on any atom is -0.464 e. The van der Waals surface area contributed by atoms with Gasteiger partial charge in [-0.05, 0) is 13.8 Å². The van der Waals surface area contributed by atoms with Crippen molar-refractivity contribution in [1.29, 1.82) is 0 Å². The van der Waals surface area contributed by atoms with E-state index in [0.717, 1.165) is 16.8 Å². The zero-order valence-electron chi connectivity index (χ0n) is 15.7. The highest BCUT2D eigenvalue weighted by atomic mass is 28.3. The molecule has 0 aliphatic heterocycles. The van der Waals surface area contributed by atoms with Gasteiger partial charge in [0.2, 0.25) is 0 Å². The van der Waals surface area contributed by atoms with Gasteiger partial charge in [0.25, 0.3) is 0 Å². The summed E-state index contributed by atoms with van der Waals surface area (Å²) in [5.41, 5.74) is 2.84. The zero-order chi connectivity index (χ0) is 18.5. The molecule has 0 aromatic heterocycles. The van der Waals surface area contributed by atoms with Gasteiger partial charge in [-0.1, -0.05) is 80.3 Å². The summed E-state index contributed by atoms with van der Waals surface area (Å²) in [6.45, 7) is 10.6. The number of aliphatic imine (C=N–C) groups is 1. The summed E-state index contributed by atoms with van der Waals surface area (Å²) in [5, 5.41) is -0.857. The van der Waals surface area contributed by atoms with Crippen LogP contribution < -0.4 is 0 Å². The number of benzene rings is 2. The van der Waals surface area contributed by atoms with Crippen LogP contribution in [0.2, 0.25) is 19.6 Å².